The van der Waals surface area contributed by atoms with Crippen LogP contribution in [-0.2, 0) is 0 Å². The number of hydrogen-bond acceptors (Lipinski definition) is 0. The molecule has 0 radical (unpaired) electrons. The fourth-order valence-electron chi connectivity index (χ4n) is 1.90. The Balaban J connectivity index is 3.74. The smallest absolute Gasteiger partial charge is 0.0354 e. The molecule has 0 heterocycles. The zero-order valence-electron chi connectivity index (χ0n) is 12.1. The van der Waals surface area contributed by atoms with E-state index in [-0.39, 0.29) is 0 Å². The highest BCUT2D eigenvalue weighted by atomic mass is 14.2. The second kappa shape index (κ2) is 5.92. The predicted octanol–water partition coefficient (Wildman–Crippen LogP) is 5.67. The average Bonchev–Trinajstić information content (AvgIpc) is 1.98. The van der Waals surface area contributed by atoms with Crippen molar-refractivity contribution < 1.29 is 0 Å². The molecule has 0 aliphatic heterocycles. The standard InChI is InChI=1S/C15H32/c1-13(2)9-12-15(6,7)11-8-10-14(3,4)5/h13H,8-12H2,1-7H3. The van der Waals surface area contributed by atoms with Crippen LogP contribution >= 0.6 is 0 Å². The van der Waals surface area contributed by atoms with Crippen LogP contribution in [-0.4, -0.2) is 0 Å². The summed E-state index contributed by atoms with van der Waals surface area (Å²) in [7, 11) is 0. The molecule has 0 nitrogen and oxygen atoms in total. The molecule has 92 valence electrons. The minimum Gasteiger partial charge on any atom is -0.0628 e. The quantitative estimate of drug-likeness (QED) is 0.532. The summed E-state index contributed by atoms with van der Waals surface area (Å²) in [6, 6.07) is 0. The maximum absolute atomic E-state index is 2.43. The molecule has 0 fully saturated rings. The van der Waals surface area contributed by atoms with E-state index in [2.05, 4.69) is 48.5 Å². The van der Waals surface area contributed by atoms with E-state index < -0.39 is 0 Å². The monoisotopic (exact) mass is 212 g/mol. The average molecular weight is 212 g/mol. The third-order valence-corrected chi connectivity index (χ3v) is 3.18. The van der Waals surface area contributed by atoms with Gasteiger partial charge in [0.2, 0.25) is 0 Å². The molecule has 0 saturated carbocycles. The van der Waals surface area contributed by atoms with Crippen molar-refractivity contribution in [3.05, 3.63) is 0 Å². The van der Waals surface area contributed by atoms with E-state index in [1.54, 1.807) is 0 Å². The van der Waals surface area contributed by atoms with Gasteiger partial charge in [0.05, 0.1) is 0 Å². The first kappa shape index (κ1) is 15.0. The molecule has 15 heavy (non-hydrogen) atoms. The van der Waals surface area contributed by atoms with Crippen LogP contribution in [0.25, 0.3) is 0 Å². The van der Waals surface area contributed by atoms with Crippen LogP contribution in [0.3, 0.4) is 0 Å². The summed E-state index contributed by atoms with van der Waals surface area (Å²) >= 11 is 0. The van der Waals surface area contributed by atoms with Gasteiger partial charge >= 0.3 is 0 Å². The highest BCUT2D eigenvalue weighted by Crippen LogP contribution is 2.33. The molecule has 0 atom stereocenters. The second-order valence-corrected chi connectivity index (χ2v) is 7.51. The van der Waals surface area contributed by atoms with E-state index in [0.29, 0.717) is 10.8 Å². The van der Waals surface area contributed by atoms with Crippen molar-refractivity contribution in [3.8, 4) is 0 Å². The molecule has 0 unspecified atom stereocenters. The van der Waals surface area contributed by atoms with E-state index in [1.807, 2.05) is 0 Å². The Morgan fingerprint density at radius 1 is 0.800 bits per heavy atom. The molecular weight excluding hydrogens is 180 g/mol. The van der Waals surface area contributed by atoms with Crippen molar-refractivity contribution in [1.29, 1.82) is 0 Å². The molecule has 0 aliphatic rings. The Morgan fingerprint density at radius 2 is 1.33 bits per heavy atom. The van der Waals surface area contributed by atoms with Crippen LogP contribution in [0.15, 0.2) is 0 Å². The first-order valence-corrected chi connectivity index (χ1v) is 6.62. The molecule has 0 aromatic carbocycles. The minimum atomic E-state index is 0.508. The summed E-state index contributed by atoms with van der Waals surface area (Å²) in [4.78, 5) is 0. The maximum Gasteiger partial charge on any atom is -0.0354 e. The van der Waals surface area contributed by atoms with Crippen molar-refractivity contribution in [2.75, 3.05) is 0 Å². The Hall–Kier alpha value is 0. The lowest BCUT2D eigenvalue weighted by Gasteiger charge is -2.27. The fraction of sp³-hybridized carbons (Fsp3) is 1.00. The number of hydrogen-bond donors (Lipinski definition) is 0. The topological polar surface area (TPSA) is 0 Å². The first-order valence-electron chi connectivity index (χ1n) is 6.62. The van der Waals surface area contributed by atoms with E-state index in [0.717, 1.165) is 5.92 Å². The first-order chi connectivity index (χ1) is 6.62. The van der Waals surface area contributed by atoms with Crippen LogP contribution in [0.2, 0.25) is 0 Å². The SMILES string of the molecule is CC(C)CCC(C)(C)CCCC(C)(C)C. The zero-order valence-corrected chi connectivity index (χ0v) is 12.1. The van der Waals surface area contributed by atoms with Gasteiger partial charge in [0, 0.05) is 0 Å². The zero-order chi connectivity index (χ0) is 12.1. The molecule has 0 saturated heterocycles. The number of rotatable bonds is 6. The van der Waals surface area contributed by atoms with Gasteiger partial charge in [-0.3, -0.25) is 0 Å². The summed E-state index contributed by atoms with van der Waals surface area (Å²) in [6.07, 6.45) is 6.89. The summed E-state index contributed by atoms with van der Waals surface area (Å²) in [5, 5.41) is 0. The molecule has 0 bridgehead atoms. The van der Waals surface area contributed by atoms with Crippen LogP contribution in [0, 0.1) is 16.7 Å². The van der Waals surface area contributed by atoms with E-state index in [9.17, 15) is 0 Å². The Labute approximate surface area is 97.8 Å². The van der Waals surface area contributed by atoms with Gasteiger partial charge in [-0.1, -0.05) is 61.3 Å². The molecule has 0 aromatic heterocycles. The molecule has 0 rings (SSSR count). The normalized spacial score (nSPS) is 13.6. The molecule has 0 amide bonds. The highest BCUT2D eigenvalue weighted by Gasteiger charge is 2.19. The predicted molar refractivity (Wildman–Crippen MR) is 71.2 cm³/mol. The van der Waals surface area contributed by atoms with Crippen molar-refractivity contribution >= 4 is 0 Å². The van der Waals surface area contributed by atoms with Gasteiger partial charge in [0.15, 0.2) is 0 Å². The molecule has 0 spiro atoms. The molecular formula is C15H32. The lowest BCUT2D eigenvalue weighted by molar-refractivity contribution is 0.250. The van der Waals surface area contributed by atoms with Crippen molar-refractivity contribution in [2.24, 2.45) is 16.7 Å². The molecule has 0 N–H and O–H groups in total. The highest BCUT2D eigenvalue weighted by molar-refractivity contribution is 4.71. The van der Waals surface area contributed by atoms with Crippen LogP contribution in [0.5, 0.6) is 0 Å². The Bertz CT molecular complexity index is 157. The Morgan fingerprint density at radius 3 is 1.73 bits per heavy atom. The van der Waals surface area contributed by atoms with Crippen molar-refractivity contribution in [2.45, 2.75) is 80.6 Å². The third kappa shape index (κ3) is 10.3. The van der Waals surface area contributed by atoms with Gasteiger partial charge in [-0.15, -0.1) is 0 Å². The van der Waals surface area contributed by atoms with E-state index in [4.69, 9.17) is 0 Å². The van der Waals surface area contributed by atoms with Gasteiger partial charge < -0.3 is 0 Å². The molecule has 0 heteroatoms. The van der Waals surface area contributed by atoms with Gasteiger partial charge in [0.1, 0.15) is 0 Å². The van der Waals surface area contributed by atoms with Crippen LogP contribution < -0.4 is 0 Å². The molecule has 0 aliphatic carbocycles. The Kier molecular flexibility index (Phi) is 5.92. The fourth-order valence-corrected chi connectivity index (χ4v) is 1.90. The van der Waals surface area contributed by atoms with E-state index >= 15 is 0 Å². The summed E-state index contributed by atoms with van der Waals surface area (Å²) < 4.78 is 0. The minimum absolute atomic E-state index is 0.508. The summed E-state index contributed by atoms with van der Waals surface area (Å²) in [5.74, 6) is 0.854. The summed E-state index contributed by atoms with van der Waals surface area (Å²) in [5.41, 5.74) is 1.06. The van der Waals surface area contributed by atoms with Gasteiger partial charge in [0.25, 0.3) is 0 Å². The maximum atomic E-state index is 2.43. The van der Waals surface area contributed by atoms with Gasteiger partial charge in [-0.05, 0) is 36.0 Å². The van der Waals surface area contributed by atoms with Crippen LogP contribution in [0.1, 0.15) is 80.6 Å². The van der Waals surface area contributed by atoms with Crippen molar-refractivity contribution in [3.63, 3.8) is 0 Å². The van der Waals surface area contributed by atoms with Gasteiger partial charge in [-0.2, -0.15) is 0 Å². The van der Waals surface area contributed by atoms with E-state index in [1.165, 1.54) is 32.1 Å². The third-order valence-electron chi connectivity index (χ3n) is 3.18. The lowest BCUT2D eigenvalue weighted by Crippen LogP contribution is -2.14. The molecule has 0 aromatic rings. The van der Waals surface area contributed by atoms with Crippen LogP contribution in [0.4, 0.5) is 0 Å². The van der Waals surface area contributed by atoms with Crippen molar-refractivity contribution in [1.82, 2.24) is 0 Å². The lowest BCUT2D eigenvalue weighted by atomic mass is 9.79. The second-order valence-electron chi connectivity index (χ2n) is 7.51. The summed E-state index contributed by atoms with van der Waals surface area (Å²) in [6.45, 7) is 16.5. The largest absolute Gasteiger partial charge is 0.0628 e. The van der Waals surface area contributed by atoms with Gasteiger partial charge in [-0.25, -0.2) is 0 Å².